The highest BCUT2D eigenvalue weighted by molar-refractivity contribution is 9.10. The Hall–Kier alpha value is -2.51. The molecule has 2 fully saturated rings. The highest BCUT2D eigenvalue weighted by Crippen LogP contribution is 2.41. The standard InChI is InChI=1S/C31H38BrF6N3O3/c1-39(28(42)15-20-13-21(30(33,34)35)16-22(14-20)31(36,37)38)19-27(25-17-24(43-2)18-26(32)29(25)44-3)41-11-7-23(8-12-41)40-9-5-4-6-10-40/h13-14,16-18,23,27H,4-12,15,19H2,1-3H3. The third kappa shape index (κ3) is 8.39. The number of hydrogen-bond acceptors (Lipinski definition) is 5. The first kappa shape index (κ1) is 34.4. The summed E-state index contributed by atoms with van der Waals surface area (Å²) in [4.78, 5) is 19.5. The number of rotatable bonds is 9. The minimum atomic E-state index is -4.99. The van der Waals surface area contributed by atoms with Gasteiger partial charge in [-0.25, -0.2) is 0 Å². The van der Waals surface area contributed by atoms with Gasteiger partial charge in [-0.05, 0) is 90.6 Å². The van der Waals surface area contributed by atoms with Crippen LogP contribution in [0, 0.1) is 0 Å². The number of likely N-dealkylation sites (tertiary alicyclic amines) is 2. The van der Waals surface area contributed by atoms with Crippen LogP contribution in [0.4, 0.5) is 26.3 Å². The molecule has 2 aromatic carbocycles. The van der Waals surface area contributed by atoms with Gasteiger partial charge < -0.3 is 19.3 Å². The number of hydrogen-bond donors (Lipinski definition) is 0. The van der Waals surface area contributed by atoms with Crippen molar-refractivity contribution in [3.8, 4) is 11.5 Å². The molecule has 0 N–H and O–H groups in total. The largest absolute Gasteiger partial charge is 0.497 e. The van der Waals surface area contributed by atoms with Crippen LogP contribution in [0.3, 0.4) is 0 Å². The van der Waals surface area contributed by atoms with Crippen LogP contribution in [-0.2, 0) is 23.6 Å². The van der Waals surface area contributed by atoms with E-state index in [-0.39, 0.29) is 24.2 Å². The average Bonchev–Trinajstić information content (AvgIpc) is 2.98. The van der Waals surface area contributed by atoms with E-state index < -0.39 is 35.8 Å². The van der Waals surface area contributed by atoms with Gasteiger partial charge in [0, 0.05) is 38.3 Å². The number of likely N-dealkylation sites (N-methyl/N-ethyl adjacent to an activating group) is 1. The molecule has 0 aromatic heterocycles. The van der Waals surface area contributed by atoms with E-state index in [9.17, 15) is 31.1 Å². The molecule has 1 atom stereocenters. The molecule has 0 bridgehead atoms. The Bertz CT molecular complexity index is 1260. The highest BCUT2D eigenvalue weighted by Gasteiger charge is 2.38. The molecule has 1 amide bonds. The highest BCUT2D eigenvalue weighted by atomic mass is 79.9. The second-order valence-corrected chi connectivity index (χ2v) is 12.3. The number of amides is 1. The molecular formula is C31H38BrF6N3O3. The SMILES string of the molecule is COc1cc(Br)c(OC)c(C(CN(C)C(=O)Cc2cc(C(F)(F)F)cc(C(F)(F)F)c2)N2CCC(N3CCCCC3)CC2)c1. The molecule has 0 radical (unpaired) electrons. The number of carbonyl (C=O) groups excluding carboxylic acids is 1. The van der Waals surface area contributed by atoms with Gasteiger partial charge in [0.15, 0.2) is 0 Å². The zero-order valence-electron chi connectivity index (χ0n) is 25.0. The third-order valence-corrected chi connectivity index (χ3v) is 9.16. The van der Waals surface area contributed by atoms with E-state index in [1.54, 1.807) is 6.07 Å². The smallest absolute Gasteiger partial charge is 0.416 e. The fourth-order valence-corrected chi connectivity index (χ4v) is 6.83. The lowest BCUT2D eigenvalue weighted by Crippen LogP contribution is -2.49. The number of carbonyl (C=O) groups is 1. The molecular weight excluding hydrogens is 656 g/mol. The summed E-state index contributed by atoms with van der Waals surface area (Å²) in [7, 11) is 4.59. The van der Waals surface area contributed by atoms with Crippen LogP contribution >= 0.6 is 15.9 Å². The molecule has 2 saturated heterocycles. The molecule has 2 heterocycles. The molecule has 44 heavy (non-hydrogen) atoms. The zero-order valence-corrected chi connectivity index (χ0v) is 26.6. The monoisotopic (exact) mass is 693 g/mol. The third-order valence-electron chi connectivity index (χ3n) is 8.57. The minimum Gasteiger partial charge on any atom is -0.497 e. The fraction of sp³-hybridized carbons (Fsp3) is 0.581. The van der Waals surface area contributed by atoms with E-state index in [0.717, 1.165) is 44.6 Å². The quantitative estimate of drug-likeness (QED) is 0.260. The van der Waals surface area contributed by atoms with Gasteiger partial charge in [0.25, 0.3) is 0 Å². The van der Waals surface area contributed by atoms with Crippen molar-refractivity contribution in [2.24, 2.45) is 0 Å². The van der Waals surface area contributed by atoms with Crippen LogP contribution in [-0.4, -0.2) is 80.6 Å². The van der Waals surface area contributed by atoms with Gasteiger partial charge in [0.2, 0.25) is 5.91 Å². The van der Waals surface area contributed by atoms with E-state index in [0.29, 0.717) is 34.1 Å². The van der Waals surface area contributed by atoms with Crippen LogP contribution in [0.25, 0.3) is 0 Å². The molecule has 0 aliphatic carbocycles. The summed E-state index contributed by atoms with van der Waals surface area (Å²) in [6.45, 7) is 3.80. The lowest BCUT2D eigenvalue weighted by atomic mass is 9.95. The second kappa shape index (κ2) is 14.3. The maximum atomic E-state index is 13.4. The minimum absolute atomic E-state index is 0.0637. The summed E-state index contributed by atoms with van der Waals surface area (Å²) in [5.41, 5.74) is -2.49. The van der Waals surface area contributed by atoms with E-state index in [1.807, 2.05) is 6.07 Å². The first-order chi connectivity index (χ1) is 20.7. The molecule has 4 rings (SSSR count). The Morgan fingerprint density at radius 2 is 1.50 bits per heavy atom. The van der Waals surface area contributed by atoms with Gasteiger partial charge in [0.05, 0.1) is 42.3 Å². The molecule has 0 saturated carbocycles. The number of ether oxygens (including phenoxy) is 2. The average molecular weight is 695 g/mol. The van der Waals surface area contributed by atoms with Crippen molar-refractivity contribution in [1.82, 2.24) is 14.7 Å². The second-order valence-electron chi connectivity index (χ2n) is 11.5. The molecule has 1 unspecified atom stereocenters. The molecule has 6 nitrogen and oxygen atoms in total. The number of methoxy groups -OCH3 is 2. The van der Waals surface area contributed by atoms with Gasteiger partial charge >= 0.3 is 12.4 Å². The summed E-state index contributed by atoms with van der Waals surface area (Å²) >= 11 is 3.54. The van der Waals surface area contributed by atoms with Gasteiger partial charge in [-0.3, -0.25) is 9.69 Å². The van der Waals surface area contributed by atoms with Gasteiger partial charge in [-0.1, -0.05) is 6.42 Å². The lowest BCUT2D eigenvalue weighted by Gasteiger charge is -2.43. The van der Waals surface area contributed by atoms with Crippen LogP contribution in [0.15, 0.2) is 34.8 Å². The Morgan fingerprint density at radius 3 is 2.02 bits per heavy atom. The van der Waals surface area contributed by atoms with Crippen molar-refractivity contribution in [3.05, 3.63) is 57.1 Å². The van der Waals surface area contributed by atoms with E-state index in [1.165, 1.54) is 45.4 Å². The molecule has 244 valence electrons. The number of benzene rings is 2. The Kier molecular flexibility index (Phi) is 11.2. The van der Waals surface area contributed by atoms with Crippen molar-refractivity contribution in [1.29, 1.82) is 0 Å². The maximum absolute atomic E-state index is 13.4. The predicted octanol–water partition coefficient (Wildman–Crippen LogP) is 7.20. The molecule has 0 spiro atoms. The van der Waals surface area contributed by atoms with Crippen molar-refractivity contribution < 1.29 is 40.6 Å². The van der Waals surface area contributed by atoms with Crippen LogP contribution < -0.4 is 9.47 Å². The Balaban J connectivity index is 1.60. The summed E-state index contributed by atoms with van der Waals surface area (Å²) < 4.78 is 92.4. The summed E-state index contributed by atoms with van der Waals surface area (Å²) in [5.74, 6) is 0.521. The van der Waals surface area contributed by atoms with Gasteiger partial charge in [0.1, 0.15) is 11.5 Å². The molecule has 2 aromatic rings. The van der Waals surface area contributed by atoms with Crippen molar-refractivity contribution >= 4 is 21.8 Å². The fourth-order valence-electron chi connectivity index (χ4n) is 6.22. The van der Waals surface area contributed by atoms with Crippen molar-refractivity contribution in [2.75, 3.05) is 54.0 Å². The number of piperidine rings is 2. The van der Waals surface area contributed by atoms with Gasteiger partial charge in [-0.2, -0.15) is 26.3 Å². The van der Waals surface area contributed by atoms with E-state index in [4.69, 9.17) is 9.47 Å². The zero-order chi connectivity index (χ0) is 32.2. The normalized spacial score (nSPS) is 18.2. The summed E-state index contributed by atoms with van der Waals surface area (Å²) in [5, 5.41) is 0. The molecule has 13 heteroatoms. The van der Waals surface area contributed by atoms with Gasteiger partial charge in [-0.15, -0.1) is 0 Å². The number of alkyl halides is 6. The Morgan fingerprint density at radius 1 is 0.909 bits per heavy atom. The van der Waals surface area contributed by atoms with E-state index in [2.05, 4.69) is 25.7 Å². The Labute approximate surface area is 262 Å². The topological polar surface area (TPSA) is 45.3 Å². The summed E-state index contributed by atoms with van der Waals surface area (Å²) in [6.07, 6.45) is -5.09. The lowest BCUT2D eigenvalue weighted by molar-refractivity contribution is -0.143. The number of nitrogens with zero attached hydrogens (tertiary/aromatic N) is 3. The van der Waals surface area contributed by atoms with Crippen molar-refractivity contribution in [2.45, 2.75) is 63.0 Å². The first-order valence-corrected chi connectivity index (χ1v) is 15.4. The number of halogens is 7. The first-order valence-electron chi connectivity index (χ1n) is 14.6. The molecule has 2 aliphatic rings. The maximum Gasteiger partial charge on any atom is 0.416 e. The predicted molar refractivity (Wildman–Crippen MR) is 158 cm³/mol. The molecule has 2 aliphatic heterocycles. The van der Waals surface area contributed by atoms with Crippen LogP contribution in [0.1, 0.15) is 60.4 Å². The van der Waals surface area contributed by atoms with Crippen LogP contribution in [0.2, 0.25) is 0 Å². The van der Waals surface area contributed by atoms with Crippen LogP contribution in [0.5, 0.6) is 11.5 Å². The van der Waals surface area contributed by atoms with E-state index >= 15 is 0 Å². The summed E-state index contributed by atoms with van der Waals surface area (Å²) in [6, 6.07) is 4.97. The van der Waals surface area contributed by atoms with Crippen molar-refractivity contribution in [3.63, 3.8) is 0 Å².